The fraction of sp³-hybridized carbons (Fsp3) is 0.333. The molecule has 3 N–H and O–H groups in total. The molecule has 0 saturated heterocycles. The van der Waals surface area contributed by atoms with E-state index in [1.807, 2.05) is 0 Å². The van der Waals surface area contributed by atoms with Crippen LogP contribution in [-0.2, 0) is 4.74 Å². The van der Waals surface area contributed by atoms with Gasteiger partial charge in [0.25, 0.3) is 0 Å². The summed E-state index contributed by atoms with van der Waals surface area (Å²) in [7, 11) is 0. The number of aliphatic hydroxyl groups excluding tert-OH is 1. The molecular weight excluding hydrogens is 290 g/mol. The molecule has 1 rings (SSSR count). The summed E-state index contributed by atoms with van der Waals surface area (Å²) in [5, 5.41) is 20.2. The van der Waals surface area contributed by atoms with E-state index in [-0.39, 0.29) is 24.5 Å². The molecule has 0 heterocycles. The van der Waals surface area contributed by atoms with Crippen LogP contribution >= 0.6 is 0 Å². The number of hydrogen-bond donors (Lipinski definition) is 3. The number of carbonyl (C=O) groups is 2. The number of amides is 1. The first-order valence-corrected chi connectivity index (χ1v) is 6.74. The van der Waals surface area contributed by atoms with E-state index < -0.39 is 12.1 Å². The number of nitrogens with one attached hydrogen (secondary N) is 1. The molecule has 1 aromatic carbocycles. The van der Waals surface area contributed by atoms with Gasteiger partial charge in [0.05, 0.1) is 17.9 Å². The Morgan fingerprint density at radius 2 is 2.09 bits per heavy atom. The summed E-state index contributed by atoms with van der Waals surface area (Å²) in [5.74, 6) is -0.866. The third-order valence-corrected chi connectivity index (χ3v) is 2.61. The molecule has 0 fully saturated rings. The molecule has 7 nitrogen and oxygen atoms in total. The second kappa shape index (κ2) is 9.41. The van der Waals surface area contributed by atoms with E-state index in [0.717, 1.165) is 0 Å². The fourth-order valence-corrected chi connectivity index (χ4v) is 1.55. The summed E-state index contributed by atoms with van der Waals surface area (Å²) in [4.78, 5) is 22.5. The van der Waals surface area contributed by atoms with Crippen LogP contribution in [0.4, 0.5) is 10.5 Å². The molecule has 0 aromatic heterocycles. The number of anilines is 1. The Hall–Kier alpha value is -2.54. The summed E-state index contributed by atoms with van der Waals surface area (Å²) in [6, 6.07) is 4.11. The van der Waals surface area contributed by atoms with Crippen LogP contribution in [0.1, 0.15) is 23.2 Å². The Labute approximate surface area is 128 Å². The predicted octanol–water partition coefficient (Wildman–Crippen LogP) is 2.27. The minimum atomic E-state index is -1.10. The van der Waals surface area contributed by atoms with Gasteiger partial charge in [0.15, 0.2) is 0 Å². The van der Waals surface area contributed by atoms with Gasteiger partial charge < -0.3 is 19.7 Å². The Morgan fingerprint density at radius 3 is 2.73 bits per heavy atom. The van der Waals surface area contributed by atoms with Crippen LogP contribution in [0.3, 0.4) is 0 Å². The topological polar surface area (TPSA) is 105 Å². The third kappa shape index (κ3) is 5.84. The van der Waals surface area contributed by atoms with Gasteiger partial charge in [-0.3, -0.25) is 5.32 Å². The largest absolute Gasteiger partial charge is 0.491 e. The molecule has 7 heteroatoms. The number of benzene rings is 1. The van der Waals surface area contributed by atoms with Gasteiger partial charge in [-0.05, 0) is 31.0 Å². The molecule has 0 aliphatic rings. The number of carbonyl (C=O) groups excluding carboxylic acids is 1. The maximum absolute atomic E-state index is 11.5. The first kappa shape index (κ1) is 17.5. The summed E-state index contributed by atoms with van der Waals surface area (Å²) in [6.07, 6.45) is 1.92. The highest BCUT2D eigenvalue weighted by Gasteiger charge is 2.12. The standard InChI is InChI=1S/C15H19NO6/c1-2-8-22-15(20)16-12-6-5-11(14(18)19)10-13(12)21-9-4-3-7-17/h2,5-6,10,17H,1,3-4,7-9H2,(H,16,20)(H,18,19). The highest BCUT2D eigenvalue weighted by molar-refractivity contribution is 5.91. The van der Waals surface area contributed by atoms with Crippen molar-refractivity contribution in [3.05, 3.63) is 36.4 Å². The summed E-state index contributed by atoms with van der Waals surface area (Å²) in [5.41, 5.74) is 0.352. The van der Waals surface area contributed by atoms with Gasteiger partial charge in [-0.15, -0.1) is 0 Å². The lowest BCUT2D eigenvalue weighted by Crippen LogP contribution is -2.15. The minimum absolute atomic E-state index is 0.0437. The van der Waals surface area contributed by atoms with Gasteiger partial charge >= 0.3 is 12.1 Å². The van der Waals surface area contributed by atoms with E-state index in [9.17, 15) is 9.59 Å². The molecule has 120 valence electrons. The number of unbranched alkanes of at least 4 members (excludes halogenated alkanes) is 1. The molecule has 0 bridgehead atoms. The molecule has 0 spiro atoms. The van der Waals surface area contributed by atoms with Crippen molar-refractivity contribution >= 4 is 17.7 Å². The van der Waals surface area contributed by atoms with Gasteiger partial charge in [0.1, 0.15) is 12.4 Å². The maximum atomic E-state index is 11.5. The highest BCUT2D eigenvalue weighted by atomic mass is 16.5. The van der Waals surface area contributed by atoms with E-state index in [2.05, 4.69) is 11.9 Å². The van der Waals surface area contributed by atoms with Crippen molar-refractivity contribution in [2.75, 3.05) is 25.1 Å². The summed E-state index contributed by atoms with van der Waals surface area (Å²) in [6.45, 7) is 3.84. The van der Waals surface area contributed by atoms with Crippen molar-refractivity contribution in [1.29, 1.82) is 0 Å². The number of aromatic carboxylic acids is 1. The Bertz CT molecular complexity index is 529. The van der Waals surface area contributed by atoms with Crippen LogP contribution in [-0.4, -0.2) is 42.1 Å². The maximum Gasteiger partial charge on any atom is 0.412 e. The average molecular weight is 309 g/mol. The number of ether oxygens (including phenoxy) is 2. The zero-order chi connectivity index (χ0) is 16.4. The SMILES string of the molecule is C=CCOC(=O)Nc1ccc(C(=O)O)cc1OCCCCO. The van der Waals surface area contributed by atoms with Crippen LogP contribution in [0.5, 0.6) is 5.75 Å². The molecule has 1 amide bonds. The normalized spacial score (nSPS) is 9.86. The van der Waals surface area contributed by atoms with Gasteiger partial charge in [-0.1, -0.05) is 12.7 Å². The monoisotopic (exact) mass is 309 g/mol. The van der Waals surface area contributed by atoms with Gasteiger partial charge in [0, 0.05) is 6.61 Å². The van der Waals surface area contributed by atoms with Crippen LogP contribution < -0.4 is 10.1 Å². The van der Waals surface area contributed by atoms with Gasteiger partial charge in [-0.2, -0.15) is 0 Å². The Balaban J connectivity index is 2.81. The zero-order valence-electron chi connectivity index (χ0n) is 12.1. The van der Waals surface area contributed by atoms with Crippen molar-refractivity contribution in [3.8, 4) is 5.75 Å². The molecule has 0 aliphatic carbocycles. The lowest BCUT2D eigenvalue weighted by atomic mass is 10.2. The second-order valence-corrected chi connectivity index (χ2v) is 4.31. The van der Waals surface area contributed by atoms with E-state index in [0.29, 0.717) is 25.1 Å². The second-order valence-electron chi connectivity index (χ2n) is 4.31. The van der Waals surface area contributed by atoms with Crippen molar-refractivity contribution in [2.24, 2.45) is 0 Å². The summed E-state index contributed by atoms with van der Waals surface area (Å²) >= 11 is 0. The minimum Gasteiger partial charge on any atom is -0.491 e. The molecule has 0 saturated carbocycles. The molecular formula is C15H19NO6. The van der Waals surface area contributed by atoms with E-state index >= 15 is 0 Å². The predicted molar refractivity (Wildman–Crippen MR) is 80.4 cm³/mol. The van der Waals surface area contributed by atoms with E-state index in [1.165, 1.54) is 24.3 Å². The number of carboxylic acids is 1. The Morgan fingerprint density at radius 1 is 1.32 bits per heavy atom. The van der Waals surface area contributed by atoms with Crippen LogP contribution in [0.25, 0.3) is 0 Å². The fourth-order valence-electron chi connectivity index (χ4n) is 1.55. The number of rotatable bonds is 9. The molecule has 0 atom stereocenters. The number of hydrogen-bond acceptors (Lipinski definition) is 5. The van der Waals surface area contributed by atoms with Crippen molar-refractivity contribution in [3.63, 3.8) is 0 Å². The van der Waals surface area contributed by atoms with Crippen LogP contribution in [0.15, 0.2) is 30.9 Å². The first-order chi connectivity index (χ1) is 10.6. The highest BCUT2D eigenvalue weighted by Crippen LogP contribution is 2.26. The molecule has 1 aromatic rings. The average Bonchev–Trinajstić information content (AvgIpc) is 2.50. The molecule has 0 aliphatic heterocycles. The molecule has 22 heavy (non-hydrogen) atoms. The van der Waals surface area contributed by atoms with Gasteiger partial charge in [-0.25, -0.2) is 9.59 Å². The van der Waals surface area contributed by atoms with E-state index in [1.54, 1.807) is 0 Å². The Kier molecular flexibility index (Phi) is 7.49. The zero-order valence-corrected chi connectivity index (χ0v) is 12.1. The number of carboxylic acid groups (broad SMARTS) is 1. The van der Waals surface area contributed by atoms with Crippen molar-refractivity contribution < 1.29 is 29.3 Å². The lowest BCUT2D eigenvalue weighted by molar-refractivity contribution is 0.0696. The molecule has 0 radical (unpaired) electrons. The number of aliphatic hydroxyl groups is 1. The van der Waals surface area contributed by atoms with Crippen molar-refractivity contribution in [2.45, 2.75) is 12.8 Å². The first-order valence-electron chi connectivity index (χ1n) is 6.74. The van der Waals surface area contributed by atoms with E-state index in [4.69, 9.17) is 19.7 Å². The quantitative estimate of drug-likeness (QED) is 0.477. The van der Waals surface area contributed by atoms with Crippen LogP contribution in [0.2, 0.25) is 0 Å². The summed E-state index contributed by atoms with van der Waals surface area (Å²) < 4.78 is 10.3. The lowest BCUT2D eigenvalue weighted by Gasteiger charge is -2.13. The smallest absolute Gasteiger partial charge is 0.412 e. The van der Waals surface area contributed by atoms with Crippen molar-refractivity contribution in [1.82, 2.24) is 0 Å². The molecule has 0 unspecified atom stereocenters. The third-order valence-electron chi connectivity index (χ3n) is 2.61. The van der Waals surface area contributed by atoms with Crippen LogP contribution in [0, 0.1) is 0 Å². The van der Waals surface area contributed by atoms with Gasteiger partial charge in [0.2, 0.25) is 0 Å².